The number of nitrogens with one attached hydrogen (secondary N) is 2. The van der Waals surface area contributed by atoms with Crippen LogP contribution in [0, 0.1) is 0 Å². The van der Waals surface area contributed by atoms with Gasteiger partial charge in [-0.25, -0.2) is 0 Å². The van der Waals surface area contributed by atoms with E-state index in [1.54, 1.807) is 24.3 Å². The Morgan fingerprint density at radius 1 is 1.04 bits per heavy atom. The maximum atomic E-state index is 12.9. The topological polar surface area (TPSA) is 61.4 Å². The quantitative estimate of drug-likeness (QED) is 0.719. The Morgan fingerprint density at radius 3 is 2.08 bits per heavy atom. The number of aliphatic hydroxyl groups is 1. The molecule has 2 aromatic carbocycles. The predicted octanol–water partition coefficient (Wildman–Crippen LogP) is 2.38. The number of halogens is 1. The molecule has 0 saturated carbocycles. The van der Waals surface area contributed by atoms with Crippen LogP contribution in [0.2, 0.25) is 0 Å². The molecule has 1 aliphatic rings. The van der Waals surface area contributed by atoms with E-state index in [-0.39, 0.29) is 12.4 Å². The molecule has 0 aliphatic carbocycles. The first-order valence-corrected chi connectivity index (χ1v) is 8.21. The van der Waals surface area contributed by atoms with Crippen LogP contribution in [-0.2, 0) is 10.4 Å². The van der Waals surface area contributed by atoms with Crippen LogP contribution >= 0.6 is 12.4 Å². The van der Waals surface area contributed by atoms with Gasteiger partial charge in [0.05, 0.1) is 0 Å². The zero-order valence-corrected chi connectivity index (χ0v) is 14.8. The minimum Gasteiger partial charge on any atom is -0.372 e. The fraction of sp³-hybridized carbons (Fsp3) is 0.250. The first kappa shape index (κ1) is 19.2. The van der Waals surface area contributed by atoms with E-state index in [1.807, 2.05) is 36.4 Å². The molecule has 2 aromatic rings. The molecular weight excluding hydrogens is 336 g/mol. The van der Waals surface area contributed by atoms with Crippen molar-refractivity contribution in [1.82, 2.24) is 10.6 Å². The summed E-state index contributed by atoms with van der Waals surface area (Å²) in [5.74, 6) is -0.411. The van der Waals surface area contributed by atoms with Crippen molar-refractivity contribution in [2.75, 3.05) is 19.6 Å². The third-order valence-electron chi connectivity index (χ3n) is 4.29. The lowest BCUT2D eigenvalue weighted by atomic mass is 9.85. The lowest BCUT2D eigenvalue weighted by Crippen LogP contribution is -2.46. The summed E-state index contributed by atoms with van der Waals surface area (Å²) in [6.07, 6.45) is 3.10. The van der Waals surface area contributed by atoms with Crippen LogP contribution in [0.3, 0.4) is 0 Å². The standard InChI is InChI=1S/C20H22N2O2.ClH/c23-19(22-15-16-8-7-13-21-14-16)20(24,17-9-3-1-4-10-17)18-11-5-2-6-12-18;/h1-6,8-12,21,24H,7,13-15H2,(H,22,23);1H. The fourth-order valence-corrected chi connectivity index (χ4v) is 2.94. The van der Waals surface area contributed by atoms with E-state index < -0.39 is 11.5 Å². The van der Waals surface area contributed by atoms with Crippen LogP contribution in [0.25, 0.3) is 0 Å². The molecule has 3 N–H and O–H groups in total. The molecular formula is C20H23ClN2O2. The largest absolute Gasteiger partial charge is 0.372 e. The lowest BCUT2D eigenvalue weighted by Gasteiger charge is -2.28. The van der Waals surface area contributed by atoms with Crippen molar-refractivity contribution >= 4 is 18.3 Å². The van der Waals surface area contributed by atoms with E-state index in [9.17, 15) is 9.90 Å². The van der Waals surface area contributed by atoms with Gasteiger partial charge in [0, 0.05) is 13.1 Å². The molecule has 1 heterocycles. The van der Waals surface area contributed by atoms with Gasteiger partial charge in [-0.3, -0.25) is 4.79 Å². The van der Waals surface area contributed by atoms with Gasteiger partial charge in [0.2, 0.25) is 0 Å². The van der Waals surface area contributed by atoms with Gasteiger partial charge in [0.1, 0.15) is 0 Å². The number of rotatable bonds is 5. The van der Waals surface area contributed by atoms with Crippen LogP contribution in [0.5, 0.6) is 0 Å². The average molecular weight is 359 g/mol. The maximum Gasteiger partial charge on any atom is 0.261 e. The van der Waals surface area contributed by atoms with Gasteiger partial charge in [-0.2, -0.15) is 0 Å². The van der Waals surface area contributed by atoms with E-state index in [0.29, 0.717) is 17.7 Å². The van der Waals surface area contributed by atoms with E-state index >= 15 is 0 Å². The number of benzene rings is 2. The highest BCUT2D eigenvalue weighted by Gasteiger charge is 2.39. The van der Waals surface area contributed by atoms with Crippen molar-refractivity contribution in [3.05, 3.63) is 83.4 Å². The molecule has 132 valence electrons. The molecule has 0 atom stereocenters. The number of carbonyl (C=O) groups excluding carboxylic acids is 1. The smallest absolute Gasteiger partial charge is 0.261 e. The van der Waals surface area contributed by atoms with Gasteiger partial charge in [-0.1, -0.05) is 66.7 Å². The molecule has 0 unspecified atom stereocenters. The van der Waals surface area contributed by atoms with Crippen molar-refractivity contribution in [1.29, 1.82) is 0 Å². The highest BCUT2D eigenvalue weighted by molar-refractivity contribution is 5.90. The third kappa shape index (κ3) is 4.28. The number of amides is 1. The first-order chi connectivity index (χ1) is 11.7. The molecule has 3 rings (SSSR count). The summed E-state index contributed by atoms with van der Waals surface area (Å²) in [5, 5.41) is 17.5. The highest BCUT2D eigenvalue weighted by Crippen LogP contribution is 2.29. The minimum atomic E-state index is -1.70. The van der Waals surface area contributed by atoms with Gasteiger partial charge in [0.25, 0.3) is 5.91 Å². The van der Waals surface area contributed by atoms with Crippen molar-refractivity contribution in [2.24, 2.45) is 0 Å². The van der Waals surface area contributed by atoms with Gasteiger partial charge in [0.15, 0.2) is 5.60 Å². The van der Waals surface area contributed by atoms with Crippen LogP contribution in [0.1, 0.15) is 17.5 Å². The molecule has 1 amide bonds. The molecule has 0 spiro atoms. The second-order valence-electron chi connectivity index (χ2n) is 5.95. The molecule has 1 aliphatic heterocycles. The number of hydrogen-bond donors (Lipinski definition) is 3. The van der Waals surface area contributed by atoms with Crippen LogP contribution in [0.15, 0.2) is 72.3 Å². The Labute approximate surface area is 154 Å². The van der Waals surface area contributed by atoms with Crippen molar-refractivity contribution in [2.45, 2.75) is 12.0 Å². The van der Waals surface area contributed by atoms with Crippen molar-refractivity contribution < 1.29 is 9.90 Å². The second-order valence-corrected chi connectivity index (χ2v) is 5.95. The summed E-state index contributed by atoms with van der Waals surface area (Å²) in [5.41, 5.74) is 0.553. The SMILES string of the molecule is Cl.O=C(NCC1=CCCNC1)C(O)(c1ccccc1)c1ccccc1. The zero-order valence-electron chi connectivity index (χ0n) is 13.9. The molecule has 25 heavy (non-hydrogen) atoms. The molecule has 0 aromatic heterocycles. The van der Waals surface area contributed by atoms with E-state index in [1.165, 1.54) is 0 Å². The lowest BCUT2D eigenvalue weighted by molar-refractivity contribution is -0.136. The molecule has 5 heteroatoms. The number of hydrogen-bond acceptors (Lipinski definition) is 3. The van der Waals surface area contributed by atoms with Gasteiger partial charge >= 0.3 is 0 Å². The Kier molecular flexibility index (Phi) is 6.76. The monoisotopic (exact) mass is 358 g/mol. The van der Waals surface area contributed by atoms with Crippen molar-refractivity contribution in [3.8, 4) is 0 Å². The Hall–Kier alpha value is -2.14. The summed E-state index contributed by atoms with van der Waals surface area (Å²) >= 11 is 0. The van der Waals surface area contributed by atoms with Crippen molar-refractivity contribution in [3.63, 3.8) is 0 Å². The van der Waals surface area contributed by atoms with E-state index in [4.69, 9.17) is 0 Å². The molecule has 0 saturated heterocycles. The minimum absolute atomic E-state index is 0. The Balaban J connectivity index is 0.00000225. The highest BCUT2D eigenvalue weighted by atomic mass is 35.5. The Bertz CT molecular complexity index is 677. The van der Waals surface area contributed by atoms with Gasteiger partial charge < -0.3 is 15.7 Å². The molecule has 0 radical (unpaired) electrons. The maximum absolute atomic E-state index is 12.9. The fourth-order valence-electron chi connectivity index (χ4n) is 2.94. The summed E-state index contributed by atoms with van der Waals surface area (Å²) in [7, 11) is 0. The molecule has 0 fully saturated rings. The number of carbonyl (C=O) groups is 1. The van der Waals surface area contributed by atoms with E-state index in [0.717, 1.165) is 25.1 Å². The summed E-state index contributed by atoms with van der Waals surface area (Å²) in [6, 6.07) is 18.1. The summed E-state index contributed by atoms with van der Waals surface area (Å²) in [6.45, 7) is 2.18. The summed E-state index contributed by atoms with van der Waals surface area (Å²) in [4.78, 5) is 12.9. The van der Waals surface area contributed by atoms with Gasteiger partial charge in [-0.15, -0.1) is 12.4 Å². The average Bonchev–Trinajstić information content (AvgIpc) is 2.67. The molecule has 0 bridgehead atoms. The van der Waals surface area contributed by atoms with Crippen LogP contribution in [0.4, 0.5) is 0 Å². The normalized spacial score (nSPS) is 14.2. The Morgan fingerprint density at radius 2 is 1.60 bits per heavy atom. The molecule has 4 nitrogen and oxygen atoms in total. The van der Waals surface area contributed by atoms with Crippen LogP contribution < -0.4 is 10.6 Å². The van der Waals surface area contributed by atoms with E-state index in [2.05, 4.69) is 16.7 Å². The second kappa shape index (κ2) is 8.81. The zero-order chi connectivity index (χ0) is 16.8. The van der Waals surface area contributed by atoms with Crippen LogP contribution in [-0.4, -0.2) is 30.6 Å². The predicted molar refractivity (Wildman–Crippen MR) is 102 cm³/mol. The first-order valence-electron chi connectivity index (χ1n) is 8.21. The third-order valence-corrected chi connectivity index (χ3v) is 4.29. The summed E-state index contributed by atoms with van der Waals surface area (Å²) < 4.78 is 0. The van der Waals surface area contributed by atoms with Gasteiger partial charge in [-0.05, 0) is 29.7 Å².